The van der Waals surface area contributed by atoms with E-state index in [0.29, 0.717) is 26.4 Å². The fraction of sp³-hybridized carbons (Fsp3) is 0.500. The molecule has 0 saturated carbocycles. The van der Waals surface area contributed by atoms with Crippen molar-refractivity contribution in [2.45, 2.75) is 13.0 Å². The van der Waals surface area contributed by atoms with Gasteiger partial charge in [0.15, 0.2) is 0 Å². The summed E-state index contributed by atoms with van der Waals surface area (Å²) in [5.41, 5.74) is 2.22. The molecular weight excluding hydrogens is 250 g/mol. The van der Waals surface area contributed by atoms with Crippen molar-refractivity contribution in [1.82, 2.24) is 9.97 Å². The van der Waals surface area contributed by atoms with Gasteiger partial charge in [-0.1, -0.05) is 0 Å². The summed E-state index contributed by atoms with van der Waals surface area (Å²) in [6.45, 7) is 4.78. The number of aromatic nitrogens is 2. The summed E-state index contributed by atoms with van der Waals surface area (Å²) in [6.07, 6.45) is 1.70. The van der Waals surface area contributed by atoms with E-state index >= 15 is 0 Å². The second-order valence-corrected chi connectivity index (χ2v) is 5.15. The Morgan fingerprint density at radius 2 is 2.39 bits per heavy atom. The van der Waals surface area contributed by atoms with Crippen LogP contribution in [0, 0.1) is 6.92 Å². The molecule has 96 valence electrons. The number of fused-ring (bicyclic) bond motifs is 1. The van der Waals surface area contributed by atoms with Crippen LogP contribution in [-0.4, -0.2) is 42.4 Å². The molecule has 1 fully saturated rings. The van der Waals surface area contributed by atoms with Crippen LogP contribution in [0.15, 0.2) is 11.7 Å². The second kappa shape index (κ2) is 5.17. The molecule has 6 heteroatoms. The molecule has 1 unspecified atom stereocenters. The van der Waals surface area contributed by atoms with E-state index in [1.54, 1.807) is 17.7 Å². The first-order valence-electron chi connectivity index (χ1n) is 5.96. The molecular formula is C12H15N3O2S. The number of ether oxygens (including phenoxy) is 2. The number of thiophene rings is 1. The Bertz CT molecular complexity index is 537. The van der Waals surface area contributed by atoms with Gasteiger partial charge in [0.25, 0.3) is 0 Å². The van der Waals surface area contributed by atoms with Gasteiger partial charge in [0, 0.05) is 6.54 Å². The van der Waals surface area contributed by atoms with Gasteiger partial charge in [-0.25, -0.2) is 9.97 Å². The Balaban J connectivity index is 1.74. The molecule has 0 spiro atoms. The van der Waals surface area contributed by atoms with Crippen molar-refractivity contribution in [3.63, 3.8) is 0 Å². The van der Waals surface area contributed by atoms with Gasteiger partial charge in [-0.05, 0) is 17.9 Å². The largest absolute Gasteiger partial charge is 0.376 e. The minimum absolute atomic E-state index is 0.102. The average molecular weight is 265 g/mol. The van der Waals surface area contributed by atoms with Crippen molar-refractivity contribution >= 4 is 27.4 Å². The third-order valence-corrected chi connectivity index (χ3v) is 4.01. The molecule has 1 saturated heterocycles. The topological polar surface area (TPSA) is 56.3 Å². The van der Waals surface area contributed by atoms with Crippen molar-refractivity contribution in [2.24, 2.45) is 0 Å². The monoisotopic (exact) mass is 265 g/mol. The van der Waals surface area contributed by atoms with E-state index < -0.39 is 0 Å². The highest BCUT2D eigenvalue weighted by Gasteiger charge is 2.15. The number of hydrogen-bond acceptors (Lipinski definition) is 6. The van der Waals surface area contributed by atoms with E-state index in [2.05, 4.69) is 27.6 Å². The minimum Gasteiger partial charge on any atom is -0.376 e. The van der Waals surface area contributed by atoms with Crippen molar-refractivity contribution in [1.29, 1.82) is 0 Å². The molecule has 1 aliphatic heterocycles. The van der Waals surface area contributed by atoms with Gasteiger partial charge >= 0.3 is 0 Å². The van der Waals surface area contributed by atoms with Crippen LogP contribution in [0.1, 0.15) is 5.56 Å². The number of anilines is 1. The van der Waals surface area contributed by atoms with Crippen LogP contribution in [0.2, 0.25) is 0 Å². The van der Waals surface area contributed by atoms with E-state index in [4.69, 9.17) is 9.47 Å². The number of aryl methyl sites for hydroxylation is 1. The molecule has 5 nitrogen and oxygen atoms in total. The van der Waals surface area contributed by atoms with Gasteiger partial charge in [0.1, 0.15) is 12.1 Å². The predicted molar refractivity (Wildman–Crippen MR) is 71.2 cm³/mol. The normalized spacial score (nSPS) is 20.2. The molecule has 1 atom stereocenters. The fourth-order valence-corrected chi connectivity index (χ4v) is 2.93. The summed E-state index contributed by atoms with van der Waals surface area (Å²) in [4.78, 5) is 8.60. The zero-order chi connectivity index (χ0) is 12.4. The lowest BCUT2D eigenvalue weighted by Crippen LogP contribution is -2.34. The molecule has 18 heavy (non-hydrogen) atoms. The van der Waals surface area contributed by atoms with Gasteiger partial charge in [-0.2, -0.15) is 0 Å². The minimum atomic E-state index is 0.102. The Kier molecular flexibility index (Phi) is 3.40. The second-order valence-electron chi connectivity index (χ2n) is 4.27. The summed E-state index contributed by atoms with van der Waals surface area (Å²) in [6, 6.07) is 0. The zero-order valence-electron chi connectivity index (χ0n) is 10.2. The Morgan fingerprint density at radius 1 is 1.44 bits per heavy atom. The molecule has 3 rings (SSSR count). The molecule has 0 amide bonds. The first kappa shape index (κ1) is 11.8. The molecule has 2 aromatic heterocycles. The van der Waals surface area contributed by atoms with Gasteiger partial charge in [-0.3, -0.25) is 0 Å². The number of nitrogens with zero attached hydrogens (tertiary/aromatic N) is 2. The third-order valence-electron chi connectivity index (χ3n) is 2.91. The van der Waals surface area contributed by atoms with Gasteiger partial charge < -0.3 is 14.8 Å². The van der Waals surface area contributed by atoms with Crippen molar-refractivity contribution in [3.05, 3.63) is 17.3 Å². The Labute approximate surface area is 109 Å². The summed E-state index contributed by atoms with van der Waals surface area (Å²) < 4.78 is 12.1. The summed E-state index contributed by atoms with van der Waals surface area (Å²) in [7, 11) is 0. The van der Waals surface area contributed by atoms with Crippen LogP contribution in [0.5, 0.6) is 0 Å². The number of rotatable bonds is 3. The summed E-state index contributed by atoms with van der Waals surface area (Å²) >= 11 is 1.67. The highest BCUT2D eigenvalue weighted by molar-refractivity contribution is 7.18. The van der Waals surface area contributed by atoms with Crippen molar-refractivity contribution in [3.8, 4) is 0 Å². The van der Waals surface area contributed by atoms with Gasteiger partial charge in [0.05, 0.1) is 36.1 Å². The van der Waals surface area contributed by atoms with Crippen LogP contribution in [0.3, 0.4) is 0 Å². The zero-order valence-corrected chi connectivity index (χ0v) is 11.0. The molecule has 0 aromatic carbocycles. The summed E-state index contributed by atoms with van der Waals surface area (Å²) in [5.74, 6) is 0.882. The maximum Gasteiger partial charge on any atom is 0.147 e. The Hall–Kier alpha value is -1.24. The molecule has 1 aliphatic rings. The molecule has 2 aromatic rings. The van der Waals surface area contributed by atoms with E-state index in [1.165, 1.54) is 5.56 Å². The predicted octanol–water partition coefficient (Wildman–Crippen LogP) is 1.83. The number of hydrogen-bond donors (Lipinski definition) is 1. The lowest BCUT2D eigenvalue weighted by atomic mass is 10.3. The SMILES string of the molecule is Cc1csc2c(NCC3COCCO3)ncnc12. The van der Waals surface area contributed by atoms with E-state index in [-0.39, 0.29) is 6.10 Å². The highest BCUT2D eigenvalue weighted by Crippen LogP contribution is 2.28. The maximum absolute atomic E-state index is 5.59. The molecule has 0 bridgehead atoms. The lowest BCUT2D eigenvalue weighted by Gasteiger charge is -2.23. The molecule has 0 radical (unpaired) electrons. The van der Waals surface area contributed by atoms with Gasteiger partial charge in [0.2, 0.25) is 0 Å². The van der Waals surface area contributed by atoms with Crippen LogP contribution < -0.4 is 5.32 Å². The smallest absolute Gasteiger partial charge is 0.147 e. The molecule has 1 N–H and O–H groups in total. The standard InChI is InChI=1S/C12H15N3O2S/c1-8-6-18-11-10(8)14-7-15-12(11)13-4-9-5-16-2-3-17-9/h6-7,9H,2-5H2,1H3,(H,13,14,15). The van der Waals surface area contributed by atoms with Gasteiger partial charge in [-0.15, -0.1) is 11.3 Å². The first-order chi connectivity index (χ1) is 8.84. The Morgan fingerprint density at radius 3 is 3.22 bits per heavy atom. The highest BCUT2D eigenvalue weighted by atomic mass is 32.1. The van der Waals surface area contributed by atoms with Crippen LogP contribution in [0.25, 0.3) is 10.2 Å². The fourth-order valence-electron chi connectivity index (χ4n) is 1.96. The van der Waals surface area contributed by atoms with Crippen molar-refractivity contribution in [2.75, 3.05) is 31.7 Å². The van der Waals surface area contributed by atoms with Crippen LogP contribution >= 0.6 is 11.3 Å². The summed E-state index contributed by atoms with van der Waals surface area (Å²) in [5, 5.41) is 5.43. The molecule has 3 heterocycles. The van der Waals surface area contributed by atoms with E-state index in [0.717, 1.165) is 16.0 Å². The maximum atomic E-state index is 5.59. The quantitative estimate of drug-likeness (QED) is 0.917. The third kappa shape index (κ3) is 2.31. The lowest BCUT2D eigenvalue weighted by molar-refractivity contribution is -0.0819. The van der Waals surface area contributed by atoms with Crippen molar-refractivity contribution < 1.29 is 9.47 Å². The van der Waals surface area contributed by atoms with Crippen LogP contribution in [-0.2, 0) is 9.47 Å². The number of nitrogens with one attached hydrogen (secondary N) is 1. The van der Waals surface area contributed by atoms with E-state index in [9.17, 15) is 0 Å². The first-order valence-corrected chi connectivity index (χ1v) is 6.84. The average Bonchev–Trinajstić information content (AvgIpc) is 2.80. The molecule has 0 aliphatic carbocycles. The van der Waals surface area contributed by atoms with E-state index in [1.807, 2.05) is 0 Å². The van der Waals surface area contributed by atoms with Crippen LogP contribution in [0.4, 0.5) is 5.82 Å².